The van der Waals surface area contributed by atoms with Crippen molar-refractivity contribution >= 4 is 5.91 Å². The van der Waals surface area contributed by atoms with Crippen LogP contribution in [0.15, 0.2) is 18.2 Å². The van der Waals surface area contributed by atoms with Gasteiger partial charge in [0.1, 0.15) is 0 Å². The molecule has 1 aromatic carbocycles. The average molecular weight is 244 g/mol. The van der Waals surface area contributed by atoms with Gasteiger partial charge in [0.25, 0.3) is 5.91 Å². The molecule has 0 atom stereocenters. The maximum absolute atomic E-state index is 12.4. The highest BCUT2D eigenvalue weighted by atomic mass is 16.1. The number of nitrogens with one attached hydrogen (secondary N) is 2. The first-order valence-corrected chi connectivity index (χ1v) is 6.82. The standard InChI is InChI=1S/C15H20N2O/c1-15(7-3-8-15)17-14(18)13-5-2-4-11-10-16-9-6-12(11)13/h2,4-5,16H,3,6-10H2,1H3,(H,17,18). The Morgan fingerprint density at radius 2 is 2.22 bits per heavy atom. The second-order valence-electron chi connectivity index (χ2n) is 5.74. The summed E-state index contributed by atoms with van der Waals surface area (Å²) in [6.45, 7) is 3.99. The quantitative estimate of drug-likeness (QED) is 0.835. The van der Waals surface area contributed by atoms with Crippen LogP contribution in [0.2, 0.25) is 0 Å². The fourth-order valence-corrected chi connectivity index (χ4v) is 2.92. The SMILES string of the molecule is CC1(NC(=O)c2cccc3c2CCNC3)CCC1. The van der Waals surface area contributed by atoms with Gasteiger partial charge in [-0.1, -0.05) is 12.1 Å². The fraction of sp³-hybridized carbons (Fsp3) is 0.533. The number of hydrogen-bond donors (Lipinski definition) is 2. The van der Waals surface area contributed by atoms with Crippen LogP contribution in [-0.4, -0.2) is 18.0 Å². The second kappa shape index (κ2) is 4.39. The average Bonchev–Trinajstić information content (AvgIpc) is 2.36. The van der Waals surface area contributed by atoms with Gasteiger partial charge in [0.15, 0.2) is 0 Å². The summed E-state index contributed by atoms with van der Waals surface area (Å²) in [4.78, 5) is 12.4. The van der Waals surface area contributed by atoms with E-state index < -0.39 is 0 Å². The van der Waals surface area contributed by atoms with Crippen molar-refractivity contribution in [3.8, 4) is 0 Å². The summed E-state index contributed by atoms with van der Waals surface area (Å²) in [5.41, 5.74) is 3.42. The van der Waals surface area contributed by atoms with Gasteiger partial charge in [0, 0.05) is 17.6 Å². The molecule has 0 spiro atoms. The molecule has 2 aliphatic rings. The van der Waals surface area contributed by atoms with E-state index in [9.17, 15) is 4.79 Å². The Morgan fingerprint density at radius 3 is 2.94 bits per heavy atom. The van der Waals surface area contributed by atoms with Crippen LogP contribution in [-0.2, 0) is 13.0 Å². The van der Waals surface area contributed by atoms with Crippen LogP contribution in [0.4, 0.5) is 0 Å². The number of hydrogen-bond acceptors (Lipinski definition) is 2. The van der Waals surface area contributed by atoms with E-state index in [-0.39, 0.29) is 11.4 Å². The van der Waals surface area contributed by atoms with Crippen molar-refractivity contribution in [3.05, 3.63) is 34.9 Å². The minimum atomic E-state index is 0.0344. The normalized spacial score (nSPS) is 20.7. The molecular weight excluding hydrogens is 224 g/mol. The van der Waals surface area contributed by atoms with Gasteiger partial charge in [0.05, 0.1) is 0 Å². The Bertz CT molecular complexity index is 477. The monoisotopic (exact) mass is 244 g/mol. The molecule has 0 unspecified atom stereocenters. The lowest BCUT2D eigenvalue weighted by atomic mass is 9.78. The van der Waals surface area contributed by atoms with Gasteiger partial charge < -0.3 is 10.6 Å². The molecule has 1 aromatic rings. The summed E-state index contributed by atoms with van der Waals surface area (Å²) in [5, 5.41) is 6.55. The van der Waals surface area contributed by atoms with Crippen molar-refractivity contribution in [3.63, 3.8) is 0 Å². The molecule has 1 amide bonds. The molecule has 0 radical (unpaired) electrons. The van der Waals surface area contributed by atoms with Gasteiger partial charge >= 0.3 is 0 Å². The van der Waals surface area contributed by atoms with E-state index in [2.05, 4.69) is 23.6 Å². The van der Waals surface area contributed by atoms with Crippen LogP contribution in [0.3, 0.4) is 0 Å². The third-order valence-electron chi connectivity index (χ3n) is 4.26. The molecule has 96 valence electrons. The molecule has 1 fully saturated rings. The Kier molecular flexibility index (Phi) is 2.86. The molecule has 1 aliphatic carbocycles. The van der Waals surface area contributed by atoms with Crippen LogP contribution < -0.4 is 10.6 Å². The number of carbonyl (C=O) groups is 1. The van der Waals surface area contributed by atoms with E-state index in [0.717, 1.165) is 37.9 Å². The third-order valence-corrected chi connectivity index (χ3v) is 4.26. The lowest BCUT2D eigenvalue weighted by Crippen LogP contribution is -2.51. The Morgan fingerprint density at radius 1 is 1.39 bits per heavy atom. The maximum Gasteiger partial charge on any atom is 0.251 e. The van der Waals surface area contributed by atoms with E-state index in [1.54, 1.807) is 0 Å². The first-order chi connectivity index (χ1) is 8.68. The molecule has 0 aromatic heterocycles. The maximum atomic E-state index is 12.4. The summed E-state index contributed by atoms with van der Waals surface area (Å²) in [7, 11) is 0. The Balaban J connectivity index is 1.85. The van der Waals surface area contributed by atoms with Gasteiger partial charge in [-0.05, 0) is 56.3 Å². The zero-order chi connectivity index (χ0) is 12.6. The molecule has 1 heterocycles. The molecule has 1 aliphatic heterocycles. The predicted octanol–water partition coefficient (Wildman–Crippen LogP) is 2.00. The third kappa shape index (κ3) is 2.03. The van der Waals surface area contributed by atoms with Crippen LogP contribution in [0.1, 0.15) is 47.7 Å². The summed E-state index contributed by atoms with van der Waals surface area (Å²) < 4.78 is 0. The van der Waals surface area contributed by atoms with E-state index in [1.807, 2.05) is 12.1 Å². The fourth-order valence-electron chi connectivity index (χ4n) is 2.92. The molecule has 18 heavy (non-hydrogen) atoms. The van der Waals surface area contributed by atoms with Crippen LogP contribution in [0, 0.1) is 0 Å². The zero-order valence-electron chi connectivity index (χ0n) is 10.9. The van der Waals surface area contributed by atoms with E-state index in [4.69, 9.17) is 0 Å². The minimum Gasteiger partial charge on any atom is -0.347 e. The lowest BCUT2D eigenvalue weighted by Gasteiger charge is -2.39. The molecule has 2 N–H and O–H groups in total. The summed E-state index contributed by atoms with van der Waals surface area (Å²) >= 11 is 0. The highest BCUT2D eigenvalue weighted by molar-refractivity contribution is 5.96. The Hall–Kier alpha value is -1.35. The van der Waals surface area contributed by atoms with Crippen molar-refractivity contribution in [1.29, 1.82) is 0 Å². The Labute approximate surface area is 108 Å². The number of carbonyl (C=O) groups excluding carboxylic acids is 1. The van der Waals surface area contributed by atoms with E-state index >= 15 is 0 Å². The topological polar surface area (TPSA) is 41.1 Å². The number of rotatable bonds is 2. The van der Waals surface area contributed by atoms with Crippen molar-refractivity contribution in [2.24, 2.45) is 0 Å². The van der Waals surface area contributed by atoms with Gasteiger partial charge in [0.2, 0.25) is 0 Å². The number of amides is 1. The highest BCUT2D eigenvalue weighted by Gasteiger charge is 2.33. The van der Waals surface area contributed by atoms with Crippen molar-refractivity contribution in [2.75, 3.05) is 6.54 Å². The van der Waals surface area contributed by atoms with Crippen LogP contribution in [0.5, 0.6) is 0 Å². The second-order valence-corrected chi connectivity index (χ2v) is 5.74. The molecular formula is C15H20N2O. The summed E-state index contributed by atoms with van der Waals surface area (Å²) in [6.07, 6.45) is 4.40. The van der Waals surface area contributed by atoms with Gasteiger partial charge in [-0.15, -0.1) is 0 Å². The first kappa shape index (κ1) is 11.7. The van der Waals surface area contributed by atoms with Crippen LogP contribution in [0.25, 0.3) is 0 Å². The van der Waals surface area contributed by atoms with Crippen LogP contribution >= 0.6 is 0 Å². The van der Waals surface area contributed by atoms with Crippen molar-refractivity contribution < 1.29 is 4.79 Å². The molecule has 0 bridgehead atoms. The first-order valence-electron chi connectivity index (χ1n) is 6.82. The zero-order valence-corrected chi connectivity index (χ0v) is 10.9. The van der Waals surface area contributed by atoms with Crippen molar-refractivity contribution in [2.45, 2.75) is 44.7 Å². The predicted molar refractivity (Wildman–Crippen MR) is 71.6 cm³/mol. The molecule has 3 rings (SSSR count). The number of fused-ring (bicyclic) bond motifs is 1. The molecule has 0 saturated heterocycles. The molecule has 3 nitrogen and oxygen atoms in total. The van der Waals surface area contributed by atoms with E-state index in [0.29, 0.717) is 0 Å². The van der Waals surface area contributed by atoms with Crippen molar-refractivity contribution in [1.82, 2.24) is 10.6 Å². The van der Waals surface area contributed by atoms with Gasteiger partial charge in [-0.25, -0.2) is 0 Å². The minimum absolute atomic E-state index is 0.0344. The van der Waals surface area contributed by atoms with Gasteiger partial charge in [-0.2, -0.15) is 0 Å². The summed E-state index contributed by atoms with van der Waals surface area (Å²) in [5.74, 6) is 0.107. The highest BCUT2D eigenvalue weighted by Crippen LogP contribution is 2.31. The van der Waals surface area contributed by atoms with E-state index in [1.165, 1.54) is 17.5 Å². The summed E-state index contributed by atoms with van der Waals surface area (Å²) in [6, 6.07) is 6.06. The molecule has 1 saturated carbocycles. The smallest absolute Gasteiger partial charge is 0.251 e. The molecule has 3 heteroatoms. The van der Waals surface area contributed by atoms with Gasteiger partial charge in [-0.3, -0.25) is 4.79 Å². The lowest BCUT2D eigenvalue weighted by molar-refractivity contribution is 0.0849. The number of benzene rings is 1. The largest absolute Gasteiger partial charge is 0.347 e.